The summed E-state index contributed by atoms with van der Waals surface area (Å²) >= 11 is 0. The molecular formula is C15H19N3O2. The summed E-state index contributed by atoms with van der Waals surface area (Å²) in [5, 5.41) is 9.14. The van der Waals surface area contributed by atoms with E-state index in [0.717, 1.165) is 31.6 Å². The van der Waals surface area contributed by atoms with Crippen molar-refractivity contribution in [1.82, 2.24) is 14.5 Å². The van der Waals surface area contributed by atoms with E-state index in [0.29, 0.717) is 5.56 Å². The summed E-state index contributed by atoms with van der Waals surface area (Å²) in [5.41, 5.74) is 1.28. The van der Waals surface area contributed by atoms with Crippen molar-refractivity contribution in [2.45, 2.75) is 13.0 Å². The molecule has 0 fully saturated rings. The number of aromatic carboxylic acids is 1. The third kappa shape index (κ3) is 3.93. The van der Waals surface area contributed by atoms with Crippen LogP contribution < -0.4 is 0 Å². The van der Waals surface area contributed by atoms with Gasteiger partial charge in [0.2, 0.25) is 0 Å². The monoisotopic (exact) mass is 273 g/mol. The van der Waals surface area contributed by atoms with Crippen molar-refractivity contribution < 1.29 is 9.90 Å². The van der Waals surface area contributed by atoms with Crippen LogP contribution >= 0.6 is 0 Å². The first kappa shape index (κ1) is 14.3. The second-order valence-electron chi connectivity index (χ2n) is 4.82. The van der Waals surface area contributed by atoms with Crippen LogP contribution in [0.25, 0.3) is 0 Å². The SMILES string of the molecule is CN(CCc1ccccc1C(=O)O)CCn1ccnc1. The van der Waals surface area contributed by atoms with Gasteiger partial charge in [-0.1, -0.05) is 18.2 Å². The molecule has 0 aliphatic rings. The average molecular weight is 273 g/mol. The van der Waals surface area contributed by atoms with E-state index in [9.17, 15) is 4.79 Å². The highest BCUT2D eigenvalue weighted by atomic mass is 16.4. The maximum absolute atomic E-state index is 11.1. The van der Waals surface area contributed by atoms with E-state index in [1.807, 2.05) is 29.9 Å². The number of carboxylic acids is 1. The molecule has 106 valence electrons. The number of hydrogen-bond donors (Lipinski definition) is 1. The smallest absolute Gasteiger partial charge is 0.335 e. The molecule has 0 bridgehead atoms. The predicted octanol–water partition coefficient (Wildman–Crippen LogP) is 1.76. The van der Waals surface area contributed by atoms with Gasteiger partial charge in [0.1, 0.15) is 0 Å². The summed E-state index contributed by atoms with van der Waals surface area (Å²) in [7, 11) is 2.04. The minimum absolute atomic E-state index is 0.399. The molecule has 0 spiro atoms. The Morgan fingerprint density at radius 2 is 2.15 bits per heavy atom. The van der Waals surface area contributed by atoms with Crippen molar-refractivity contribution in [3.63, 3.8) is 0 Å². The van der Waals surface area contributed by atoms with Crippen LogP contribution in [0.1, 0.15) is 15.9 Å². The average Bonchev–Trinajstić information content (AvgIpc) is 2.96. The molecule has 5 nitrogen and oxygen atoms in total. The lowest BCUT2D eigenvalue weighted by Gasteiger charge is -2.17. The summed E-state index contributed by atoms with van der Waals surface area (Å²) in [6.45, 7) is 2.63. The lowest BCUT2D eigenvalue weighted by atomic mass is 10.0. The standard InChI is InChI=1S/C15H19N3O2/c1-17(10-11-18-9-7-16-12-18)8-6-13-4-2-3-5-14(13)15(19)20/h2-5,7,9,12H,6,8,10-11H2,1H3,(H,19,20). The van der Waals surface area contributed by atoms with Gasteiger partial charge in [0.15, 0.2) is 0 Å². The highest BCUT2D eigenvalue weighted by molar-refractivity contribution is 5.89. The number of benzene rings is 1. The Bertz CT molecular complexity index is 552. The molecule has 0 aliphatic carbocycles. The number of carboxylic acid groups (broad SMARTS) is 1. The molecule has 1 aromatic heterocycles. The van der Waals surface area contributed by atoms with Crippen LogP contribution in [0, 0.1) is 0 Å². The zero-order chi connectivity index (χ0) is 14.4. The Kier molecular flexibility index (Phi) is 4.90. The van der Waals surface area contributed by atoms with Gasteiger partial charge in [0.25, 0.3) is 0 Å². The lowest BCUT2D eigenvalue weighted by Crippen LogP contribution is -2.25. The molecule has 1 heterocycles. The van der Waals surface area contributed by atoms with Gasteiger partial charge in [0.05, 0.1) is 11.9 Å². The highest BCUT2D eigenvalue weighted by Gasteiger charge is 2.09. The fourth-order valence-electron chi connectivity index (χ4n) is 2.08. The molecule has 0 atom stereocenters. The number of nitrogens with zero attached hydrogens (tertiary/aromatic N) is 3. The minimum atomic E-state index is -0.860. The van der Waals surface area contributed by atoms with Crippen molar-refractivity contribution in [2.75, 3.05) is 20.1 Å². The zero-order valence-electron chi connectivity index (χ0n) is 11.6. The van der Waals surface area contributed by atoms with Crippen molar-refractivity contribution in [2.24, 2.45) is 0 Å². The predicted molar refractivity (Wildman–Crippen MR) is 76.8 cm³/mol. The third-order valence-corrected chi connectivity index (χ3v) is 3.31. The van der Waals surface area contributed by atoms with Crippen molar-refractivity contribution in [3.8, 4) is 0 Å². The van der Waals surface area contributed by atoms with Gasteiger partial charge in [-0.25, -0.2) is 9.78 Å². The second kappa shape index (κ2) is 6.86. The first-order valence-corrected chi connectivity index (χ1v) is 6.62. The molecule has 1 N–H and O–H groups in total. The summed E-state index contributed by atoms with van der Waals surface area (Å²) in [4.78, 5) is 17.3. The Morgan fingerprint density at radius 3 is 2.85 bits per heavy atom. The van der Waals surface area contributed by atoms with Crippen molar-refractivity contribution >= 4 is 5.97 Å². The second-order valence-corrected chi connectivity index (χ2v) is 4.82. The molecule has 20 heavy (non-hydrogen) atoms. The molecule has 2 aromatic rings. The summed E-state index contributed by atoms with van der Waals surface area (Å²) < 4.78 is 2.03. The molecule has 0 saturated heterocycles. The lowest BCUT2D eigenvalue weighted by molar-refractivity contribution is 0.0695. The van der Waals surface area contributed by atoms with Crippen LogP contribution in [0.3, 0.4) is 0 Å². The number of rotatable bonds is 7. The van der Waals surface area contributed by atoms with E-state index in [-0.39, 0.29) is 0 Å². The Balaban J connectivity index is 1.84. The summed E-state index contributed by atoms with van der Waals surface area (Å²) in [6.07, 6.45) is 6.24. The van der Waals surface area contributed by atoms with Gasteiger partial charge in [-0.15, -0.1) is 0 Å². The van der Waals surface area contributed by atoms with Gasteiger partial charge < -0.3 is 14.6 Å². The van der Waals surface area contributed by atoms with Gasteiger partial charge in [0, 0.05) is 32.0 Å². The Morgan fingerprint density at radius 1 is 1.35 bits per heavy atom. The molecule has 1 aromatic carbocycles. The van der Waals surface area contributed by atoms with Gasteiger partial charge in [-0.3, -0.25) is 0 Å². The van der Waals surface area contributed by atoms with Gasteiger partial charge in [-0.05, 0) is 25.1 Å². The molecule has 0 aliphatic heterocycles. The van der Waals surface area contributed by atoms with E-state index in [1.165, 1.54) is 0 Å². The molecular weight excluding hydrogens is 254 g/mol. The van der Waals surface area contributed by atoms with Crippen LogP contribution in [-0.2, 0) is 13.0 Å². The Labute approximate surface area is 118 Å². The zero-order valence-corrected chi connectivity index (χ0v) is 11.6. The molecule has 0 saturated carbocycles. The fourth-order valence-corrected chi connectivity index (χ4v) is 2.08. The number of carbonyl (C=O) groups is 1. The van der Waals surface area contributed by atoms with E-state index in [2.05, 4.69) is 9.88 Å². The molecule has 0 unspecified atom stereocenters. The van der Waals surface area contributed by atoms with Crippen molar-refractivity contribution in [3.05, 3.63) is 54.1 Å². The van der Waals surface area contributed by atoms with Crippen LogP contribution in [0.4, 0.5) is 0 Å². The van der Waals surface area contributed by atoms with Crippen LogP contribution in [0.5, 0.6) is 0 Å². The number of imidazole rings is 1. The number of likely N-dealkylation sites (N-methyl/N-ethyl adjacent to an activating group) is 1. The van der Waals surface area contributed by atoms with Gasteiger partial charge in [-0.2, -0.15) is 0 Å². The highest BCUT2D eigenvalue weighted by Crippen LogP contribution is 2.10. The van der Waals surface area contributed by atoms with E-state index >= 15 is 0 Å². The first-order chi connectivity index (χ1) is 9.66. The first-order valence-electron chi connectivity index (χ1n) is 6.62. The quantitative estimate of drug-likeness (QED) is 0.835. The van der Waals surface area contributed by atoms with Crippen molar-refractivity contribution in [1.29, 1.82) is 0 Å². The minimum Gasteiger partial charge on any atom is -0.478 e. The summed E-state index contributed by atoms with van der Waals surface area (Å²) in [6, 6.07) is 7.18. The largest absolute Gasteiger partial charge is 0.478 e. The van der Waals surface area contributed by atoms with E-state index in [1.54, 1.807) is 24.7 Å². The molecule has 2 rings (SSSR count). The molecule has 0 radical (unpaired) electrons. The Hall–Kier alpha value is -2.14. The molecule has 5 heteroatoms. The van der Waals surface area contributed by atoms with Crippen LogP contribution in [0.2, 0.25) is 0 Å². The van der Waals surface area contributed by atoms with Crippen LogP contribution in [-0.4, -0.2) is 45.7 Å². The van der Waals surface area contributed by atoms with Gasteiger partial charge >= 0.3 is 5.97 Å². The van der Waals surface area contributed by atoms with E-state index in [4.69, 9.17) is 5.11 Å². The van der Waals surface area contributed by atoms with E-state index < -0.39 is 5.97 Å². The topological polar surface area (TPSA) is 58.4 Å². The normalized spacial score (nSPS) is 10.9. The maximum Gasteiger partial charge on any atom is 0.335 e. The summed E-state index contributed by atoms with van der Waals surface area (Å²) in [5.74, 6) is -0.860. The fraction of sp³-hybridized carbons (Fsp3) is 0.333. The number of aromatic nitrogens is 2. The maximum atomic E-state index is 11.1. The third-order valence-electron chi connectivity index (χ3n) is 3.31. The number of hydrogen-bond acceptors (Lipinski definition) is 3. The van der Waals surface area contributed by atoms with Crippen LogP contribution in [0.15, 0.2) is 43.0 Å². The molecule has 0 amide bonds.